The maximum Gasteiger partial charge on any atom is 0.115 e. The van der Waals surface area contributed by atoms with Crippen LogP contribution in [0.25, 0.3) is 0 Å². The van der Waals surface area contributed by atoms with E-state index in [0.29, 0.717) is 11.7 Å². The average molecular weight is 268 g/mol. The molecule has 0 bridgehead atoms. The van der Waals surface area contributed by atoms with Gasteiger partial charge in [0, 0.05) is 0 Å². The lowest BCUT2D eigenvalue weighted by Crippen LogP contribution is -2.00. The zero-order valence-corrected chi connectivity index (χ0v) is 12.3. The van der Waals surface area contributed by atoms with Crippen LogP contribution in [0.1, 0.15) is 37.3 Å². The highest BCUT2D eigenvalue weighted by molar-refractivity contribution is 5.26. The zero-order valence-electron chi connectivity index (χ0n) is 12.3. The Bertz CT molecular complexity index is 487. The first kappa shape index (κ1) is 14.6. The van der Waals surface area contributed by atoms with Gasteiger partial charge in [0.25, 0.3) is 0 Å². The third-order valence-electron chi connectivity index (χ3n) is 3.78. The van der Waals surface area contributed by atoms with Crippen LogP contribution in [-0.2, 0) is 12.8 Å². The summed E-state index contributed by atoms with van der Waals surface area (Å²) in [4.78, 5) is 0. The van der Waals surface area contributed by atoms with Gasteiger partial charge in [-0.1, -0.05) is 62.2 Å². The number of rotatable bonds is 7. The summed E-state index contributed by atoms with van der Waals surface area (Å²) in [5.41, 5.74) is 2.76. The smallest absolute Gasteiger partial charge is 0.115 e. The molecule has 0 fully saturated rings. The average Bonchev–Trinajstić information content (AvgIpc) is 2.47. The minimum absolute atomic E-state index is 0.351. The van der Waals surface area contributed by atoms with Crippen molar-refractivity contribution in [1.82, 2.24) is 0 Å². The molecule has 20 heavy (non-hydrogen) atoms. The Labute approximate surface area is 122 Å². The summed E-state index contributed by atoms with van der Waals surface area (Å²) in [7, 11) is 0. The number of aryl methyl sites for hydroxylation is 1. The van der Waals surface area contributed by atoms with Crippen molar-refractivity contribution >= 4 is 0 Å². The molecule has 0 saturated heterocycles. The molecule has 0 heterocycles. The van der Waals surface area contributed by atoms with Gasteiger partial charge in [0.15, 0.2) is 0 Å². The second-order valence-corrected chi connectivity index (χ2v) is 5.71. The maximum atomic E-state index is 9.27. The largest absolute Gasteiger partial charge is 0.508 e. The van der Waals surface area contributed by atoms with Crippen molar-refractivity contribution in [2.24, 2.45) is 5.92 Å². The highest BCUT2D eigenvalue weighted by Gasteiger charge is 2.04. The molecule has 106 valence electrons. The minimum atomic E-state index is 0.351. The fourth-order valence-electron chi connectivity index (χ4n) is 2.60. The predicted octanol–water partition coefficient (Wildman–Crippen LogP) is 4.98. The van der Waals surface area contributed by atoms with Gasteiger partial charge in [0.1, 0.15) is 5.75 Å². The van der Waals surface area contributed by atoms with Crippen molar-refractivity contribution in [2.75, 3.05) is 0 Å². The van der Waals surface area contributed by atoms with Crippen LogP contribution >= 0.6 is 0 Å². The molecule has 1 atom stereocenters. The second-order valence-electron chi connectivity index (χ2n) is 5.71. The first-order chi connectivity index (χ1) is 9.74. The van der Waals surface area contributed by atoms with Crippen molar-refractivity contribution in [3.63, 3.8) is 0 Å². The van der Waals surface area contributed by atoms with Gasteiger partial charge in [-0.2, -0.15) is 0 Å². The Hall–Kier alpha value is -1.76. The monoisotopic (exact) mass is 268 g/mol. The lowest BCUT2D eigenvalue weighted by molar-refractivity contribution is 0.473. The third-order valence-corrected chi connectivity index (χ3v) is 3.78. The fraction of sp³-hybridized carbons (Fsp3) is 0.368. The van der Waals surface area contributed by atoms with E-state index in [0.717, 1.165) is 6.42 Å². The Morgan fingerprint density at radius 1 is 0.850 bits per heavy atom. The van der Waals surface area contributed by atoms with Crippen molar-refractivity contribution in [3.05, 3.63) is 65.7 Å². The van der Waals surface area contributed by atoms with E-state index >= 15 is 0 Å². The molecule has 1 unspecified atom stereocenters. The van der Waals surface area contributed by atoms with E-state index in [1.165, 1.54) is 36.8 Å². The molecule has 2 aromatic carbocycles. The van der Waals surface area contributed by atoms with E-state index in [-0.39, 0.29) is 0 Å². The molecular formula is C19H24O. The molecule has 1 heteroatoms. The van der Waals surface area contributed by atoms with Gasteiger partial charge in [0.2, 0.25) is 0 Å². The topological polar surface area (TPSA) is 20.2 Å². The van der Waals surface area contributed by atoms with E-state index in [9.17, 15) is 5.11 Å². The van der Waals surface area contributed by atoms with Crippen molar-refractivity contribution in [3.8, 4) is 5.75 Å². The summed E-state index contributed by atoms with van der Waals surface area (Å²) in [6.45, 7) is 2.31. The van der Waals surface area contributed by atoms with E-state index in [1.807, 2.05) is 12.1 Å². The second kappa shape index (κ2) is 7.74. The lowest BCUT2D eigenvalue weighted by Gasteiger charge is -2.11. The Morgan fingerprint density at radius 3 is 2.25 bits per heavy atom. The van der Waals surface area contributed by atoms with Crippen LogP contribution in [0, 0.1) is 5.92 Å². The molecule has 2 rings (SSSR count). The van der Waals surface area contributed by atoms with Crippen LogP contribution in [0.5, 0.6) is 5.75 Å². The predicted molar refractivity (Wildman–Crippen MR) is 85.0 cm³/mol. The Kier molecular flexibility index (Phi) is 5.67. The molecule has 1 N–H and O–H groups in total. The number of hydrogen-bond acceptors (Lipinski definition) is 1. The van der Waals surface area contributed by atoms with Crippen molar-refractivity contribution in [1.29, 1.82) is 0 Å². The van der Waals surface area contributed by atoms with E-state index in [4.69, 9.17) is 0 Å². The van der Waals surface area contributed by atoms with Gasteiger partial charge in [-0.3, -0.25) is 0 Å². The molecule has 0 aliphatic carbocycles. The lowest BCUT2D eigenvalue weighted by atomic mass is 9.95. The number of phenols is 1. The third kappa shape index (κ3) is 5.08. The number of phenolic OH excluding ortho intramolecular Hbond substituents is 1. The van der Waals surface area contributed by atoms with Crippen LogP contribution in [0.4, 0.5) is 0 Å². The van der Waals surface area contributed by atoms with Gasteiger partial charge in [-0.15, -0.1) is 0 Å². The molecule has 0 aliphatic rings. The molecule has 0 aliphatic heterocycles. The van der Waals surface area contributed by atoms with E-state index in [1.54, 1.807) is 12.1 Å². The summed E-state index contributed by atoms with van der Waals surface area (Å²) >= 11 is 0. The molecule has 0 spiro atoms. The number of hydrogen-bond donors (Lipinski definition) is 1. The SMILES string of the molecule is CC(CCCCc1ccccc1)Cc1ccc(O)cc1. The molecule has 0 amide bonds. The normalized spacial score (nSPS) is 12.2. The van der Waals surface area contributed by atoms with Gasteiger partial charge < -0.3 is 5.11 Å². The van der Waals surface area contributed by atoms with Gasteiger partial charge >= 0.3 is 0 Å². The highest BCUT2D eigenvalue weighted by Crippen LogP contribution is 2.18. The molecule has 2 aromatic rings. The first-order valence-corrected chi connectivity index (χ1v) is 7.56. The zero-order chi connectivity index (χ0) is 14.2. The summed E-state index contributed by atoms with van der Waals surface area (Å²) < 4.78 is 0. The van der Waals surface area contributed by atoms with Gasteiger partial charge in [-0.05, 0) is 48.4 Å². The van der Waals surface area contributed by atoms with Crippen LogP contribution in [0.2, 0.25) is 0 Å². The number of unbranched alkanes of at least 4 members (excludes halogenated alkanes) is 1. The molecule has 0 aromatic heterocycles. The van der Waals surface area contributed by atoms with Crippen LogP contribution in [0.3, 0.4) is 0 Å². The van der Waals surface area contributed by atoms with Crippen LogP contribution < -0.4 is 0 Å². The summed E-state index contributed by atoms with van der Waals surface area (Å²) in [5.74, 6) is 1.06. The van der Waals surface area contributed by atoms with Gasteiger partial charge in [0.05, 0.1) is 0 Å². The highest BCUT2D eigenvalue weighted by atomic mass is 16.3. The molecule has 0 saturated carbocycles. The van der Waals surface area contributed by atoms with Crippen LogP contribution in [-0.4, -0.2) is 5.11 Å². The Balaban J connectivity index is 1.65. The minimum Gasteiger partial charge on any atom is -0.508 e. The summed E-state index contributed by atoms with van der Waals surface area (Å²) in [6.07, 6.45) is 6.12. The van der Waals surface area contributed by atoms with Crippen molar-refractivity contribution in [2.45, 2.75) is 39.0 Å². The fourth-order valence-corrected chi connectivity index (χ4v) is 2.60. The van der Waals surface area contributed by atoms with Gasteiger partial charge in [-0.25, -0.2) is 0 Å². The van der Waals surface area contributed by atoms with Crippen molar-refractivity contribution < 1.29 is 5.11 Å². The standard InChI is InChI=1S/C19H24O/c1-16(15-18-11-13-19(20)14-12-18)7-5-6-10-17-8-3-2-4-9-17/h2-4,8-9,11-14,16,20H,5-7,10,15H2,1H3. The molecular weight excluding hydrogens is 244 g/mol. The van der Waals surface area contributed by atoms with Crippen LogP contribution in [0.15, 0.2) is 54.6 Å². The number of benzene rings is 2. The Morgan fingerprint density at radius 2 is 1.55 bits per heavy atom. The first-order valence-electron chi connectivity index (χ1n) is 7.56. The summed E-state index contributed by atoms with van der Waals surface area (Å²) in [6, 6.07) is 18.3. The van der Waals surface area contributed by atoms with E-state index < -0.39 is 0 Å². The maximum absolute atomic E-state index is 9.27. The number of aromatic hydroxyl groups is 1. The quantitative estimate of drug-likeness (QED) is 0.702. The molecule has 0 radical (unpaired) electrons. The molecule has 1 nitrogen and oxygen atoms in total. The summed E-state index contributed by atoms with van der Waals surface area (Å²) in [5, 5.41) is 9.27. The van der Waals surface area contributed by atoms with E-state index in [2.05, 4.69) is 37.3 Å².